The molecule has 2 saturated heterocycles. The number of rotatable bonds is 27. The van der Waals surface area contributed by atoms with E-state index in [9.17, 15) is 35.4 Å². The summed E-state index contributed by atoms with van der Waals surface area (Å²) in [4.78, 5) is 12.3. The number of hydrogen-bond donors (Lipinski definition) is 6. The van der Waals surface area contributed by atoms with Crippen molar-refractivity contribution in [1.82, 2.24) is 0 Å². The first-order valence-electron chi connectivity index (χ1n) is 19.0. The minimum absolute atomic E-state index is 0.216. The van der Waals surface area contributed by atoms with E-state index in [0.29, 0.717) is 13.0 Å². The van der Waals surface area contributed by atoms with Gasteiger partial charge in [0.05, 0.1) is 6.61 Å². The largest absolute Gasteiger partial charge is 0.463 e. The third-order valence-electron chi connectivity index (χ3n) is 9.45. The summed E-state index contributed by atoms with van der Waals surface area (Å²) in [5.74, 6) is -0.463. The fourth-order valence-corrected chi connectivity index (χ4v) is 6.30. The van der Waals surface area contributed by atoms with E-state index in [4.69, 9.17) is 23.7 Å². The molecule has 48 heavy (non-hydrogen) atoms. The van der Waals surface area contributed by atoms with Gasteiger partial charge in [0.15, 0.2) is 12.6 Å². The highest BCUT2D eigenvalue weighted by molar-refractivity contribution is 5.69. The van der Waals surface area contributed by atoms with Crippen LogP contribution in [0, 0.1) is 0 Å². The molecule has 10 atom stereocenters. The Morgan fingerprint density at radius 2 is 1.04 bits per heavy atom. The first-order valence-corrected chi connectivity index (χ1v) is 19.0. The molecule has 0 radical (unpaired) electrons. The molecule has 0 aliphatic carbocycles. The lowest BCUT2D eigenvalue weighted by atomic mass is 9.97. The molecule has 0 saturated carbocycles. The van der Waals surface area contributed by atoms with Crippen LogP contribution in [0.4, 0.5) is 0 Å². The van der Waals surface area contributed by atoms with E-state index in [-0.39, 0.29) is 13.0 Å². The predicted molar refractivity (Wildman–Crippen MR) is 180 cm³/mol. The van der Waals surface area contributed by atoms with Crippen LogP contribution in [0.3, 0.4) is 0 Å². The third kappa shape index (κ3) is 16.0. The lowest BCUT2D eigenvalue weighted by molar-refractivity contribution is -0.359. The first-order chi connectivity index (χ1) is 23.2. The van der Waals surface area contributed by atoms with Gasteiger partial charge in [0.2, 0.25) is 0 Å². The van der Waals surface area contributed by atoms with Gasteiger partial charge in [-0.15, -0.1) is 0 Å². The van der Waals surface area contributed by atoms with Crippen molar-refractivity contribution >= 4 is 5.97 Å². The number of carbonyl (C=O) groups is 1. The summed E-state index contributed by atoms with van der Waals surface area (Å²) < 4.78 is 28.1. The van der Waals surface area contributed by atoms with E-state index in [1.165, 1.54) is 77.0 Å². The Bertz CT molecular complexity index is 801. The normalized spacial score (nSPS) is 30.8. The van der Waals surface area contributed by atoms with Gasteiger partial charge < -0.3 is 54.3 Å². The van der Waals surface area contributed by atoms with E-state index in [1.807, 2.05) is 0 Å². The second-order valence-electron chi connectivity index (χ2n) is 13.6. The Hall–Kier alpha value is -0.930. The summed E-state index contributed by atoms with van der Waals surface area (Å²) in [5, 5.41) is 63.1. The lowest BCUT2D eigenvalue weighted by Crippen LogP contribution is -2.64. The smallest absolute Gasteiger partial charge is 0.305 e. The number of carbonyl (C=O) groups excluding carboxylic acids is 1. The van der Waals surface area contributed by atoms with E-state index >= 15 is 0 Å². The minimum Gasteiger partial charge on any atom is -0.463 e. The summed E-state index contributed by atoms with van der Waals surface area (Å²) in [6.07, 6.45) is 7.20. The highest BCUT2D eigenvalue weighted by Gasteiger charge is 2.51. The fraction of sp³-hybridized carbons (Fsp3) is 0.972. The molecule has 2 aliphatic rings. The van der Waals surface area contributed by atoms with Crippen molar-refractivity contribution in [3.8, 4) is 0 Å². The maximum atomic E-state index is 12.3. The molecule has 0 aromatic carbocycles. The summed E-state index contributed by atoms with van der Waals surface area (Å²) in [5.41, 5.74) is 0. The van der Waals surface area contributed by atoms with Crippen LogP contribution in [0.1, 0.15) is 142 Å². The van der Waals surface area contributed by atoms with Gasteiger partial charge >= 0.3 is 5.97 Å². The van der Waals surface area contributed by atoms with Crippen LogP contribution in [0.15, 0.2) is 0 Å². The molecule has 0 unspecified atom stereocenters. The van der Waals surface area contributed by atoms with E-state index in [2.05, 4.69) is 13.8 Å². The van der Waals surface area contributed by atoms with Gasteiger partial charge in [0.1, 0.15) is 55.4 Å². The predicted octanol–water partition coefficient (Wildman–Crippen LogP) is 4.02. The average molecular weight is 693 g/mol. The Labute approximate surface area is 288 Å². The number of hydrogen-bond acceptors (Lipinski definition) is 12. The van der Waals surface area contributed by atoms with Crippen molar-refractivity contribution in [2.75, 3.05) is 19.8 Å². The second kappa shape index (κ2) is 25.9. The zero-order valence-electron chi connectivity index (χ0n) is 29.7. The summed E-state index contributed by atoms with van der Waals surface area (Å²) >= 11 is 0. The zero-order chi connectivity index (χ0) is 35.1. The molecule has 0 spiro atoms. The highest BCUT2D eigenvalue weighted by atomic mass is 16.7. The Balaban J connectivity index is 1.74. The molecule has 2 aliphatic heterocycles. The molecule has 12 heteroatoms. The quantitative estimate of drug-likeness (QED) is 0.0538. The molecular formula is C36H68O12. The molecule has 2 fully saturated rings. The Morgan fingerprint density at radius 3 is 1.58 bits per heavy atom. The van der Waals surface area contributed by atoms with Crippen LogP contribution in [0.25, 0.3) is 0 Å². The molecule has 2 rings (SSSR count). The van der Waals surface area contributed by atoms with Crippen LogP contribution in [-0.4, -0.2) is 118 Å². The van der Waals surface area contributed by atoms with Gasteiger partial charge in [0, 0.05) is 13.0 Å². The van der Waals surface area contributed by atoms with Crippen LogP contribution < -0.4 is 0 Å². The van der Waals surface area contributed by atoms with Crippen LogP contribution >= 0.6 is 0 Å². The van der Waals surface area contributed by atoms with E-state index in [1.54, 1.807) is 0 Å². The van der Waals surface area contributed by atoms with E-state index < -0.39 is 74.0 Å². The second-order valence-corrected chi connectivity index (χ2v) is 13.6. The molecular weight excluding hydrogens is 624 g/mol. The van der Waals surface area contributed by atoms with E-state index in [0.717, 1.165) is 38.5 Å². The molecule has 12 nitrogen and oxygen atoms in total. The Kier molecular flexibility index (Phi) is 23.4. The molecule has 0 bridgehead atoms. The lowest BCUT2D eigenvalue weighted by Gasteiger charge is -2.46. The third-order valence-corrected chi connectivity index (χ3v) is 9.45. The van der Waals surface area contributed by atoms with Crippen LogP contribution in [-0.2, 0) is 28.5 Å². The maximum absolute atomic E-state index is 12.3. The molecule has 0 aromatic heterocycles. The number of aliphatic hydroxyl groups is 6. The van der Waals surface area contributed by atoms with Crippen molar-refractivity contribution in [2.24, 2.45) is 0 Å². The van der Waals surface area contributed by atoms with Crippen molar-refractivity contribution in [3.05, 3.63) is 0 Å². The average Bonchev–Trinajstić information content (AvgIpc) is 3.08. The fourth-order valence-electron chi connectivity index (χ4n) is 6.30. The van der Waals surface area contributed by atoms with Gasteiger partial charge in [-0.1, -0.05) is 123 Å². The molecule has 6 N–H and O–H groups in total. The van der Waals surface area contributed by atoms with Gasteiger partial charge in [-0.3, -0.25) is 4.79 Å². The van der Waals surface area contributed by atoms with Crippen LogP contribution in [0.5, 0.6) is 0 Å². The summed E-state index contributed by atoms with van der Waals surface area (Å²) in [7, 11) is 0. The first kappa shape index (κ1) is 43.2. The topological polar surface area (TPSA) is 185 Å². The van der Waals surface area contributed by atoms with Crippen molar-refractivity contribution in [2.45, 2.75) is 204 Å². The molecule has 0 aromatic rings. The van der Waals surface area contributed by atoms with Gasteiger partial charge in [-0.2, -0.15) is 0 Å². The van der Waals surface area contributed by atoms with Gasteiger partial charge in [0.25, 0.3) is 0 Å². The van der Waals surface area contributed by atoms with Crippen molar-refractivity contribution in [3.63, 3.8) is 0 Å². The summed E-state index contributed by atoms with van der Waals surface area (Å²) in [6.45, 7) is 3.73. The number of aliphatic hydroxyl groups excluding tert-OH is 6. The van der Waals surface area contributed by atoms with Gasteiger partial charge in [-0.25, -0.2) is 0 Å². The zero-order valence-corrected chi connectivity index (χ0v) is 29.7. The molecule has 0 amide bonds. The van der Waals surface area contributed by atoms with Gasteiger partial charge in [-0.05, 0) is 12.8 Å². The minimum atomic E-state index is -1.73. The molecule has 2 heterocycles. The standard InChI is InChI=1S/C36H68O12/c1-3-5-7-9-11-13-15-17-19-21-23-44-35-33(43)31(41)34(26(24-37)46-35)48-36-32(42)30(40)29(39)27(47-36)25-45-28(38)22-20-18-16-14-12-10-8-6-4-2/h26-27,29-37,39-43H,3-25H2,1-2H3/t26-,27-,29-,30+,31-,32-,33-,34-,35+,36-/m1/s1. The summed E-state index contributed by atoms with van der Waals surface area (Å²) in [6, 6.07) is 0. The Morgan fingerprint density at radius 1 is 0.562 bits per heavy atom. The monoisotopic (exact) mass is 692 g/mol. The van der Waals surface area contributed by atoms with Crippen molar-refractivity contribution in [1.29, 1.82) is 0 Å². The molecule has 284 valence electrons. The maximum Gasteiger partial charge on any atom is 0.305 e. The van der Waals surface area contributed by atoms with Crippen molar-refractivity contribution < 1.29 is 59.1 Å². The number of unbranched alkanes of at least 4 members (excludes halogenated alkanes) is 17. The number of ether oxygens (including phenoxy) is 5. The highest BCUT2D eigenvalue weighted by Crippen LogP contribution is 2.30. The number of esters is 1. The SMILES string of the molecule is CCCCCCCCCCCCO[C@H]1O[C@H](CO)[C@@H](O[C@H]2O[C@H](COC(=O)CCCCCCCCCCC)[C@@H](O)[C@H](O)[C@H]2O)[C@H](O)[C@H]1O. The van der Waals surface area contributed by atoms with Crippen LogP contribution in [0.2, 0.25) is 0 Å².